The second-order valence-electron chi connectivity index (χ2n) is 3.10. The van der Waals surface area contributed by atoms with E-state index < -0.39 is 0 Å². The molecule has 72 valence electrons. The first-order valence-corrected chi connectivity index (χ1v) is 4.70. The van der Waals surface area contributed by atoms with Crippen molar-refractivity contribution in [1.82, 2.24) is 4.58 Å². The second kappa shape index (κ2) is 4.36. The van der Waals surface area contributed by atoms with E-state index in [0.717, 1.165) is 11.4 Å². The zero-order valence-electron chi connectivity index (χ0n) is 8.13. The highest BCUT2D eigenvalue weighted by Gasteiger charge is 2.12. The van der Waals surface area contributed by atoms with Crippen LogP contribution in [-0.4, -0.2) is 6.08 Å². The van der Waals surface area contributed by atoms with Crippen LogP contribution in [-0.2, 0) is 4.79 Å². The predicted octanol–water partition coefficient (Wildman–Crippen LogP) is 2.86. The highest BCUT2D eigenvalue weighted by Crippen LogP contribution is 2.18. The molecule has 0 radical (unpaired) electrons. The predicted molar refractivity (Wildman–Crippen MR) is 60.0 cm³/mol. The van der Waals surface area contributed by atoms with Crippen molar-refractivity contribution in [1.29, 1.82) is 0 Å². The average molecular weight is 196 g/mol. The van der Waals surface area contributed by atoms with Crippen LogP contribution < -0.4 is 4.58 Å². The van der Waals surface area contributed by atoms with Gasteiger partial charge in [-0.15, -0.1) is 0 Å². The van der Waals surface area contributed by atoms with Crippen LogP contribution in [0.2, 0.25) is 0 Å². The molecular formula is C13H10NO+. The van der Waals surface area contributed by atoms with Crippen LogP contribution in [0.4, 0.5) is 11.4 Å². The van der Waals surface area contributed by atoms with Crippen molar-refractivity contribution < 1.29 is 4.79 Å². The lowest BCUT2D eigenvalue weighted by molar-refractivity contribution is 0.558. The molecule has 2 heteroatoms. The van der Waals surface area contributed by atoms with Crippen molar-refractivity contribution in [2.24, 2.45) is 0 Å². The number of para-hydroxylation sites is 2. The highest BCUT2D eigenvalue weighted by atomic mass is 16.1. The minimum atomic E-state index is 0.818. The molecule has 0 saturated heterocycles. The maximum atomic E-state index is 10.9. The molecule has 2 aromatic rings. The van der Waals surface area contributed by atoms with Gasteiger partial charge in [-0.2, -0.15) is 4.79 Å². The minimum Gasteiger partial charge on any atom is -0.158 e. The normalized spacial score (nSPS) is 9.33. The van der Waals surface area contributed by atoms with Crippen molar-refractivity contribution in [2.75, 3.05) is 0 Å². The van der Waals surface area contributed by atoms with Crippen LogP contribution >= 0.6 is 0 Å². The van der Waals surface area contributed by atoms with Crippen molar-refractivity contribution in [2.45, 2.75) is 0 Å². The van der Waals surface area contributed by atoms with Gasteiger partial charge >= 0.3 is 6.08 Å². The molecule has 0 bridgehead atoms. The minimum absolute atomic E-state index is 0.818. The Morgan fingerprint density at radius 2 is 1.13 bits per heavy atom. The summed E-state index contributed by atoms with van der Waals surface area (Å²) in [6.45, 7) is 0. The Kier molecular flexibility index (Phi) is 2.72. The topological polar surface area (TPSA) is 20.1 Å². The van der Waals surface area contributed by atoms with Crippen molar-refractivity contribution in [3.8, 4) is 0 Å². The van der Waals surface area contributed by atoms with E-state index in [4.69, 9.17) is 0 Å². The fourth-order valence-electron chi connectivity index (χ4n) is 1.41. The molecule has 0 atom stereocenters. The number of carbonyl (C=O) groups excluding carboxylic acids is 1. The van der Waals surface area contributed by atoms with E-state index in [0.29, 0.717) is 0 Å². The summed E-state index contributed by atoms with van der Waals surface area (Å²) in [6, 6.07) is 18.9. The van der Waals surface area contributed by atoms with Crippen molar-refractivity contribution >= 4 is 17.5 Å². The van der Waals surface area contributed by atoms with E-state index in [1.807, 2.05) is 66.7 Å². The molecule has 0 aliphatic rings. The molecule has 0 amide bonds. The van der Waals surface area contributed by atoms with E-state index in [1.165, 1.54) is 4.58 Å². The summed E-state index contributed by atoms with van der Waals surface area (Å²) in [5.74, 6) is 0. The Hall–Kier alpha value is -2.18. The van der Waals surface area contributed by atoms with Gasteiger partial charge in [-0.3, -0.25) is 0 Å². The van der Waals surface area contributed by atoms with Gasteiger partial charge in [-0.25, -0.2) is 0 Å². The molecule has 2 rings (SSSR count). The Labute approximate surface area is 88.1 Å². The monoisotopic (exact) mass is 196 g/mol. The average Bonchev–Trinajstić information content (AvgIpc) is 2.33. The quantitative estimate of drug-likeness (QED) is 0.411. The third-order valence-electron chi connectivity index (χ3n) is 2.12. The number of hydrogen-bond donors (Lipinski definition) is 0. The Morgan fingerprint density at radius 3 is 1.47 bits per heavy atom. The first kappa shape index (κ1) is 9.38. The third-order valence-corrected chi connectivity index (χ3v) is 2.12. The molecule has 15 heavy (non-hydrogen) atoms. The molecule has 0 spiro atoms. The maximum absolute atomic E-state index is 10.9. The Morgan fingerprint density at radius 1 is 0.733 bits per heavy atom. The lowest BCUT2D eigenvalue weighted by Crippen LogP contribution is -2.00. The van der Waals surface area contributed by atoms with Gasteiger partial charge in [0.2, 0.25) is 11.4 Å². The van der Waals surface area contributed by atoms with Gasteiger partial charge in [0, 0.05) is 24.3 Å². The number of hydrogen-bond acceptors (Lipinski definition) is 1. The lowest BCUT2D eigenvalue weighted by atomic mass is 10.2. The summed E-state index contributed by atoms with van der Waals surface area (Å²) >= 11 is 0. The van der Waals surface area contributed by atoms with Crippen LogP contribution in [0.5, 0.6) is 0 Å². The molecule has 0 aromatic heterocycles. The molecular weight excluding hydrogens is 186 g/mol. The standard InChI is InChI=1S/C13H10NO/c15-11-14(12-7-3-1-4-8-12)13-9-5-2-6-10-13/h1-10H/q+1. The summed E-state index contributed by atoms with van der Waals surface area (Å²) in [5, 5.41) is 0. The fourth-order valence-corrected chi connectivity index (χ4v) is 1.41. The van der Waals surface area contributed by atoms with E-state index >= 15 is 0 Å². The van der Waals surface area contributed by atoms with Crippen LogP contribution in [0.1, 0.15) is 0 Å². The van der Waals surface area contributed by atoms with Gasteiger partial charge in [-0.1, -0.05) is 41.0 Å². The number of nitrogens with zero attached hydrogens (tertiary/aromatic N) is 1. The van der Waals surface area contributed by atoms with Gasteiger partial charge < -0.3 is 0 Å². The summed E-state index contributed by atoms with van der Waals surface area (Å²) in [4.78, 5) is 10.9. The SMILES string of the molecule is O=C=[N+](c1ccccc1)c1ccccc1. The lowest BCUT2D eigenvalue weighted by Gasteiger charge is -1.95. The Balaban J connectivity index is 2.48. The zero-order chi connectivity index (χ0) is 10.5. The molecule has 0 heterocycles. The van der Waals surface area contributed by atoms with E-state index in [9.17, 15) is 4.79 Å². The molecule has 0 aliphatic heterocycles. The van der Waals surface area contributed by atoms with E-state index in [2.05, 4.69) is 0 Å². The summed E-state index contributed by atoms with van der Waals surface area (Å²) in [5.41, 5.74) is 1.64. The number of isocyanates is 1. The first-order valence-electron chi connectivity index (χ1n) is 4.70. The van der Waals surface area contributed by atoms with Crippen LogP contribution in [0.15, 0.2) is 60.7 Å². The van der Waals surface area contributed by atoms with Gasteiger partial charge in [-0.05, 0) is 0 Å². The summed E-state index contributed by atoms with van der Waals surface area (Å²) in [6.07, 6.45) is 1.92. The largest absolute Gasteiger partial charge is 0.437 e. The van der Waals surface area contributed by atoms with Gasteiger partial charge in [0.05, 0.1) is 0 Å². The maximum Gasteiger partial charge on any atom is 0.437 e. The molecule has 2 aromatic carbocycles. The third kappa shape index (κ3) is 2.01. The number of benzene rings is 2. The van der Waals surface area contributed by atoms with Gasteiger partial charge in [0.25, 0.3) is 0 Å². The second-order valence-corrected chi connectivity index (χ2v) is 3.10. The molecule has 0 aliphatic carbocycles. The Bertz CT molecular complexity index is 443. The highest BCUT2D eigenvalue weighted by molar-refractivity contribution is 5.61. The molecule has 2 nitrogen and oxygen atoms in total. The van der Waals surface area contributed by atoms with Gasteiger partial charge in [0.15, 0.2) is 0 Å². The van der Waals surface area contributed by atoms with Crippen LogP contribution in [0, 0.1) is 0 Å². The molecule has 0 saturated carbocycles. The molecule has 0 unspecified atom stereocenters. The van der Waals surface area contributed by atoms with Gasteiger partial charge in [0.1, 0.15) is 0 Å². The smallest absolute Gasteiger partial charge is 0.158 e. The van der Waals surface area contributed by atoms with E-state index in [-0.39, 0.29) is 0 Å². The van der Waals surface area contributed by atoms with Crippen LogP contribution in [0.25, 0.3) is 0 Å². The first-order chi connectivity index (χ1) is 7.42. The van der Waals surface area contributed by atoms with E-state index in [1.54, 1.807) is 0 Å². The van der Waals surface area contributed by atoms with Crippen LogP contribution in [0.3, 0.4) is 0 Å². The summed E-state index contributed by atoms with van der Waals surface area (Å²) in [7, 11) is 0. The summed E-state index contributed by atoms with van der Waals surface area (Å²) < 4.78 is 1.49. The van der Waals surface area contributed by atoms with Crippen molar-refractivity contribution in [3.63, 3.8) is 0 Å². The van der Waals surface area contributed by atoms with Crippen molar-refractivity contribution in [3.05, 3.63) is 60.7 Å². The molecule has 0 N–H and O–H groups in total. The zero-order valence-corrected chi connectivity index (χ0v) is 8.13. The molecule has 0 fully saturated rings. The number of rotatable bonds is 2. The fraction of sp³-hybridized carbons (Fsp3) is 0.